The molecule has 1 unspecified atom stereocenters. The minimum Gasteiger partial charge on any atom is -0.315 e. The van der Waals surface area contributed by atoms with Gasteiger partial charge in [-0.3, -0.25) is 0 Å². The Bertz CT molecular complexity index is 450. The first kappa shape index (κ1) is 14.0. The fraction of sp³-hybridized carbons (Fsp3) is 0.667. The zero-order valence-corrected chi connectivity index (χ0v) is 12.3. The SMILES string of the molecule is CCCN(C1CCCNC1)S(=O)(=O)c1cccs1. The van der Waals surface area contributed by atoms with Gasteiger partial charge in [-0.05, 0) is 37.3 Å². The summed E-state index contributed by atoms with van der Waals surface area (Å²) in [5, 5.41) is 5.10. The molecule has 0 amide bonds. The highest BCUT2D eigenvalue weighted by atomic mass is 32.2. The van der Waals surface area contributed by atoms with Crippen LogP contribution in [0.2, 0.25) is 0 Å². The van der Waals surface area contributed by atoms with Gasteiger partial charge in [0, 0.05) is 19.1 Å². The predicted molar refractivity (Wildman–Crippen MR) is 74.4 cm³/mol. The highest BCUT2D eigenvalue weighted by Crippen LogP contribution is 2.25. The maximum Gasteiger partial charge on any atom is 0.252 e. The normalized spacial score (nSPS) is 21.3. The van der Waals surface area contributed by atoms with Gasteiger partial charge in [-0.25, -0.2) is 8.42 Å². The standard InChI is InChI=1S/C12H20N2O2S2/c1-2-8-14(11-5-3-7-13-10-11)18(15,16)12-6-4-9-17-12/h4,6,9,11,13H,2-3,5,7-8,10H2,1H3. The van der Waals surface area contributed by atoms with Crippen LogP contribution in [0.1, 0.15) is 26.2 Å². The molecule has 6 heteroatoms. The monoisotopic (exact) mass is 288 g/mol. The molecule has 18 heavy (non-hydrogen) atoms. The van der Waals surface area contributed by atoms with Gasteiger partial charge in [-0.1, -0.05) is 13.0 Å². The maximum atomic E-state index is 12.6. The Morgan fingerprint density at radius 1 is 1.56 bits per heavy atom. The van der Waals surface area contributed by atoms with Gasteiger partial charge in [0.1, 0.15) is 4.21 Å². The fourth-order valence-corrected chi connectivity index (χ4v) is 5.19. The smallest absolute Gasteiger partial charge is 0.252 e. The van der Waals surface area contributed by atoms with Gasteiger partial charge in [-0.15, -0.1) is 11.3 Å². The van der Waals surface area contributed by atoms with Crippen LogP contribution in [-0.2, 0) is 10.0 Å². The van der Waals surface area contributed by atoms with Crippen molar-refractivity contribution in [2.75, 3.05) is 19.6 Å². The summed E-state index contributed by atoms with van der Waals surface area (Å²) in [6.45, 7) is 4.39. The first-order valence-electron chi connectivity index (χ1n) is 6.42. The molecule has 0 radical (unpaired) electrons. The Kier molecular flexibility index (Phi) is 4.77. The van der Waals surface area contributed by atoms with Crippen LogP contribution in [-0.4, -0.2) is 38.4 Å². The summed E-state index contributed by atoms with van der Waals surface area (Å²) in [5.74, 6) is 0. The molecule has 1 aliphatic heterocycles. The Morgan fingerprint density at radius 2 is 2.39 bits per heavy atom. The van der Waals surface area contributed by atoms with Crippen molar-refractivity contribution in [1.29, 1.82) is 0 Å². The second kappa shape index (κ2) is 6.14. The first-order valence-corrected chi connectivity index (χ1v) is 8.74. The lowest BCUT2D eigenvalue weighted by Gasteiger charge is -2.33. The molecule has 1 aromatic heterocycles. The molecule has 0 saturated carbocycles. The van der Waals surface area contributed by atoms with Crippen molar-refractivity contribution in [3.8, 4) is 0 Å². The summed E-state index contributed by atoms with van der Waals surface area (Å²) in [6, 6.07) is 3.59. The zero-order valence-electron chi connectivity index (χ0n) is 10.6. The van der Waals surface area contributed by atoms with Crippen LogP contribution in [0.25, 0.3) is 0 Å². The van der Waals surface area contributed by atoms with E-state index < -0.39 is 10.0 Å². The molecule has 0 spiro atoms. The molecule has 0 aliphatic carbocycles. The molecule has 1 atom stereocenters. The summed E-state index contributed by atoms with van der Waals surface area (Å²) in [7, 11) is -3.31. The van der Waals surface area contributed by atoms with Crippen LogP contribution in [0, 0.1) is 0 Å². The van der Waals surface area contributed by atoms with E-state index in [1.54, 1.807) is 16.4 Å². The number of sulfonamides is 1. The second-order valence-electron chi connectivity index (χ2n) is 4.55. The minimum atomic E-state index is -3.31. The molecule has 2 heterocycles. The third kappa shape index (κ3) is 2.93. The van der Waals surface area contributed by atoms with E-state index in [0.717, 1.165) is 32.4 Å². The van der Waals surface area contributed by atoms with Crippen LogP contribution >= 0.6 is 11.3 Å². The average molecular weight is 288 g/mol. The number of thiophene rings is 1. The van der Waals surface area contributed by atoms with Crippen molar-refractivity contribution in [3.63, 3.8) is 0 Å². The van der Waals surface area contributed by atoms with E-state index in [9.17, 15) is 8.42 Å². The summed E-state index contributed by atoms with van der Waals surface area (Å²) in [4.78, 5) is 0. The zero-order chi connectivity index (χ0) is 13.0. The number of nitrogens with one attached hydrogen (secondary N) is 1. The third-order valence-corrected chi connectivity index (χ3v) is 6.51. The molecule has 1 N–H and O–H groups in total. The lowest BCUT2D eigenvalue weighted by molar-refractivity contribution is 0.266. The van der Waals surface area contributed by atoms with Crippen LogP contribution in [0.3, 0.4) is 0 Å². The van der Waals surface area contributed by atoms with Crippen LogP contribution in [0.15, 0.2) is 21.7 Å². The summed E-state index contributed by atoms with van der Waals surface area (Å²) in [6.07, 6.45) is 2.85. The topological polar surface area (TPSA) is 49.4 Å². The van der Waals surface area contributed by atoms with Gasteiger partial charge in [0.05, 0.1) is 0 Å². The Morgan fingerprint density at radius 3 is 2.94 bits per heavy atom. The Balaban J connectivity index is 2.23. The lowest BCUT2D eigenvalue weighted by atomic mass is 10.1. The van der Waals surface area contributed by atoms with Crippen molar-refractivity contribution < 1.29 is 8.42 Å². The van der Waals surface area contributed by atoms with Gasteiger partial charge in [0.2, 0.25) is 0 Å². The molecule has 1 saturated heterocycles. The summed E-state index contributed by atoms with van der Waals surface area (Å²) < 4.78 is 27.3. The van der Waals surface area contributed by atoms with Crippen molar-refractivity contribution in [3.05, 3.63) is 17.5 Å². The largest absolute Gasteiger partial charge is 0.315 e. The van der Waals surface area contributed by atoms with E-state index in [2.05, 4.69) is 5.32 Å². The highest BCUT2D eigenvalue weighted by Gasteiger charge is 2.32. The molecule has 0 aromatic carbocycles. The average Bonchev–Trinajstić information content (AvgIpc) is 2.91. The number of hydrogen-bond donors (Lipinski definition) is 1. The quantitative estimate of drug-likeness (QED) is 0.900. The van der Waals surface area contributed by atoms with Crippen LogP contribution in [0.4, 0.5) is 0 Å². The van der Waals surface area contributed by atoms with E-state index in [-0.39, 0.29) is 6.04 Å². The van der Waals surface area contributed by atoms with Gasteiger partial charge in [-0.2, -0.15) is 4.31 Å². The Labute approximate surface area is 113 Å². The summed E-state index contributed by atoms with van der Waals surface area (Å²) in [5.41, 5.74) is 0. The third-order valence-electron chi connectivity index (χ3n) is 3.18. The molecule has 2 rings (SSSR count). The van der Waals surface area contributed by atoms with Gasteiger partial charge in [0.15, 0.2) is 0 Å². The van der Waals surface area contributed by atoms with E-state index in [1.807, 2.05) is 12.3 Å². The summed E-state index contributed by atoms with van der Waals surface area (Å²) >= 11 is 1.30. The number of hydrogen-bond acceptors (Lipinski definition) is 4. The highest BCUT2D eigenvalue weighted by molar-refractivity contribution is 7.91. The fourth-order valence-electron chi connectivity index (χ4n) is 2.32. The van der Waals surface area contributed by atoms with Crippen LogP contribution < -0.4 is 5.32 Å². The predicted octanol–water partition coefficient (Wildman–Crippen LogP) is 1.90. The molecular weight excluding hydrogens is 268 g/mol. The van der Waals surface area contributed by atoms with Crippen molar-refractivity contribution in [2.45, 2.75) is 36.4 Å². The number of nitrogens with zero attached hydrogens (tertiary/aromatic N) is 1. The molecular formula is C12H20N2O2S2. The van der Waals surface area contributed by atoms with Gasteiger partial charge < -0.3 is 5.32 Å². The van der Waals surface area contributed by atoms with E-state index in [1.165, 1.54) is 11.3 Å². The van der Waals surface area contributed by atoms with Gasteiger partial charge >= 0.3 is 0 Å². The Hall–Kier alpha value is -0.430. The minimum absolute atomic E-state index is 0.103. The molecule has 1 fully saturated rings. The van der Waals surface area contributed by atoms with Crippen LogP contribution in [0.5, 0.6) is 0 Å². The maximum absolute atomic E-state index is 12.6. The van der Waals surface area contributed by atoms with E-state index in [4.69, 9.17) is 0 Å². The second-order valence-corrected chi connectivity index (χ2v) is 7.61. The van der Waals surface area contributed by atoms with E-state index in [0.29, 0.717) is 10.8 Å². The van der Waals surface area contributed by atoms with E-state index >= 15 is 0 Å². The van der Waals surface area contributed by atoms with Crippen molar-refractivity contribution in [2.24, 2.45) is 0 Å². The van der Waals surface area contributed by atoms with Crippen molar-refractivity contribution >= 4 is 21.4 Å². The number of rotatable bonds is 5. The number of piperidine rings is 1. The molecule has 1 aromatic rings. The lowest BCUT2D eigenvalue weighted by Crippen LogP contribution is -2.48. The van der Waals surface area contributed by atoms with Crippen molar-refractivity contribution in [1.82, 2.24) is 9.62 Å². The molecule has 0 bridgehead atoms. The van der Waals surface area contributed by atoms with Gasteiger partial charge in [0.25, 0.3) is 10.0 Å². The first-order chi connectivity index (χ1) is 8.66. The molecule has 4 nitrogen and oxygen atoms in total. The molecule has 1 aliphatic rings. The molecule has 102 valence electrons.